The fourth-order valence-electron chi connectivity index (χ4n) is 2.18. The van der Waals surface area contributed by atoms with Crippen molar-refractivity contribution in [2.24, 2.45) is 0 Å². The summed E-state index contributed by atoms with van der Waals surface area (Å²) in [5.41, 5.74) is 0.193. The summed E-state index contributed by atoms with van der Waals surface area (Å²) in [4.78, 5) is 22.1. The normalized spacial score (nSPS) is 10.3. The van der Waals surface area contributed by atoms with Gasteiger partial charge in [-0.1, -0.05) is 11.3 Å². The predicted molar refractivity (Wildman–Crippen MR) is 85.9 cm³/mol. The molecule has 0 aliphatic carbocycles. The molecular weight excluding hydrogens is 328 g/mol. The number of methoxy groups -OCH3 is 1. The van der Waals surface area contributed by atoms with Crippen LogP contribution >= 0.6 is 0 Å². The van der Waals surface area contributed by atoms with Crippen LogP contribution in [0.4, 0.5) is 5.69 Å². The van der Waals surface area contributed by atoms with Crippen LogP contribution in [-0.4, -0.2) is 33.0 Å². The van der Waals surface area contributed by atoms with Crippen LogP contribution in [0.2, 0.25) is 0 Å². The highest BCUT2D eigenvalue weighted by atomic mass is 16.6. The van der Waals surface area contributed by atoms with Crippen LogP contribution in [0.5, 0.6) is 11.5 Å². The summed E-state index contributed by atoms with van der Waals surface area (Å²) in [7, 11) is 1.15. The van der Waals surface area contributed by atoms with E-state index in [1.807, 2.05) is 6.07 Å². The number of nitrogens with zero attached hydrogens (tertiary/aromatic N) is 4. The smallest absolute Gasteiger partial charge is 0.345 e. The Morgan fingerprint density at radius 2 is 2.00 bits per heavy atom. The largest absolute Gasteiger partial charge is 0.465 e. The summed E-state index contributed by atoms with van der Waals surface area (Å²) in [5.74, 6) is -0.0760. The molecule has 0 spiro atoms. The number of hydrogen-bond donors (Lipinski definition) is 0. The molecule has 0 unspecified atom stereocenters. The molecule has 3 rings (SSSR count). The van der Waals surface area contributed by atoms with E-state index in [0.29, 0.717) is 5.75 Å². The van der Waals surface area contributed by atoms with Crippen LogP contribution in [0.1, 0.15) is 10.4 Å². The van der Waals surface area contributed by atoms with Crippen molar-refractivity contribution >= 4 is 11.7 Å². The molecule has 3 aromatic rings. The zero-order valence-corrected chi connectivity index (χ0v) is 13.0. The van der Waals surface area contributed by atoms with Gasteiger partial charge in [0, 0.05) is 18.2 Å². The molecule has 0 saturated heterocycles. The minimum absolute atomic E-state index is 0.183. The van der Waals surface area contributed by atoms with Gasteiger partial charge in [0.05, 0.1) is 30.1 Å². The molecule has 0 amide bonds. The van der Waals surface area contributed by atoms with Crippen molar-refractivity contribution in [1.29, 1.82) is 0 Å². The Morgan fingerprint density at radius 1 is 1.20 bits per heavy atom. The van der Waals surface area contributed by atoms with E-state index in [-0.39, 0.29) is 17.0 Å². The lowest BCUT2D eigenvalue weighted by atomic mass is 10.1. The maximum atomic E-state index is 11.8. The van der Waals surface area contributed by atoms with E-state index in [2.05, 4.69) is 15.0 Å². The minimum Gasteiger partial charge on any atom is -0.465 e. The molecule has 0 fully saturated rings. The van der Waals surface area contributed by atoms with E-state index in [1.54, 1.807) is 35.3 Å². The number of aromatic nitrogens is 3. The highest BCUT2D eigenvalue weighted by molar-refractivity contribution is 5.94. The zero-order valence-electron chi connectivity index (χ0n) is 13.0. The average Bonchev–Trinajstić information content (AvgIpc) is 3.15. The van der Waals surface area contributed by atoms with Crippen molar-refractivity contribution in [2.45, 2.75) is 0 Å². The molecule has 0 bridgehead atoms. The van der Waals surface area contributed by atoms with Crippen molar-refractivity contribution < 1.29 is 19.2 Å². The molecule has 25 heavy (non-hydrogen) atoms. The molecular formula is C16H12N4O5. The first-order chi connectivity index (χ1) is 12.1. The lowest BCUT2D eigenvalue weighted by Gasteiger charge is -2.09. The van der Waals surface area contributed by atoms with E-state index in [9.17, 15) is 14.9 Å². The summed E-state index contributed by atoms with van der Waals surface area (Å²) in [6.07, 6.45) is 3.23. The Bertz CT molecular complexity index is 924. The third kappa shape index (κ3) is 3.44. The van der Waals surface area contributed by atoms with E-state index >= 15 is 0 Å². The number of ether oxygens (including phenoxy) is 2. The van der Waals surface area contributed by atoms with Crippen LogP contribution in [-0.2, 0) is 4.74 Å². The molecule has 0 aliphatic rings. The lowest BCUT2D eigenvalue weighted by molar-refractivity contribution is -0.385. The molecule has 2 aromatic carbocycles. The monoisotopic (exact) mass is 340 g/mol. The van der Waals surface area contributed by atoms with Crippen LogP contribution in [0.25, 0.3) is 5.69 Å². The predicted octanol–water partition coefficient (Wildman–Crippen LogP) is 2.75. The van der Waals surface area contributed by atoms with Gasteiger partial charge in [-0.15, -0.1) is 5.10 Å². The standard InChI is InChI=1S/C16H12N4O5/c1-24-16(21)14-10-13(5-6-15(14)20(22)23)25-12-4-2-3-11(9-12)19-8-7-17-18-19/h2-10H,1H3. The Labute approximate surface area is 141 Å². The fraction of sp³-hybridized carbons (Fsp3) is 0.0625. The minimum atomic E-state index is -0.812. The molecule has 0 atom stereocenters. The number of nitro groups is 1. The van der Waals surface area contributed by atoms with Gasteiger partial charge in [-0.3, -0.25) is 10.1 Å². The number of nitro benzene ring substituents is 1. The summed E-state index contributed by atoms with van der Waals surface area (Å²) >= 11 is 0. The Kier molecular flexibility index (Phi) is 4.38. The SMILES string of the molecule is COC(=O)c1cc(Oc2cccc(-n3ccnn3)c2)ccc1[N+](=O)[O-]. The van der Waals surface area contributed by atoms with Crippen LogP contribution in [0.3, 0.4) is 0 Å². The Morgan fingerprint density at radius 3 is 2.68 bits per heavy atom. The summed E-state index contributed by atoms with van der Waals surface area (Å²) in [6, 6.07) is 10.9. The summed E-state index contributed by atoms with van der Waals surface area (Å²) < 4.78 is 11.8. The van der Waals surface area contributed by atoms with Gasteiger partial charge in [-0.05, 0) is 18.2 Å². The molecule has 1 aromatic heterocycles. The first-order valence-corrected chi connectivity index (χ1v) is 7.10. The van der Waals surface area contributed by atoms with Gasteiger partial charge in [-0.2, -0.15) is 0 Å². The van der Waals surface area contributed by atoms with E-state index in [4.69, 9.17) is 4.74 Å². The van der Waals surface area contributed by atoms with Gasteiger partial charge >= 0.3 is 5.97 Å². The third-order valence-corrected chi connectivity index (χ3v) is 3.31. The Balaban J connectivity index is 1.92. The van der Waals surface area contributed by atoms with Crippen molar-refractivity contribution in [2.75, 3.05) is 7.11 Å². The van der Waals surface area contributed by atoms with Gasteiger partial charge in [0.15, 0.2) is 0 Å². The average molecular weight is 340 g/mol. The quantitative estimate of drug-likeness (QED) is 0.399. The molecule has 9 heteroatoms. The Hall–Kier alpha value is -3.75. The highest BCUT2D eigenvalue weighted by Crippen LogP contribution is 2.29. The molecule has 0 radical (unpaired) electrons. The maximum absolute atomic E-state index is 11.8. The number of hydrogen-bond acceptors (Lipinski definition) is 7. The molecule has 1 heterocycles. The first-order valence-electron chi connectivity index (χ1n) is 7.10. The van der Waals surface area contributed by atoms with E-state index in [0.717, 1.165) is 12.8 Å². The molecule has 9 nitrogen and oxygen atoms in total. The molecule has 0 aliphatic heterocycles. The number of rotatable bonds is 5. The zero-order chi connectivity index (χ0) is 17.8. The highest BCUT2D eigenvalue weighted by Gasteiger charge is 2.21. The van der Waals surface area contributed by atoms with Gasteiger partial charge in [-0.25, -0.2) is 9.48 Å². The molecule has 0 saturated carbocycles. The fourth-order valence-corrected chi connectivity index (χ4v) is 2.18. The second kappa shape index (κ2) is 6.79. The van der Waals surface area contributed by atoms with Gasteiger partial charge in [0.1, 0.15) is 17.1 Å². The number of carbonyl (C=O) groups excluding carboxylic acids is 1. The number of carbonyl (C=O) groups is 1. The number of benzene rings is 2. The molecule has 126 valence electrons. The van der Waals surface area contributed by atoms with Gasteiger partial charge in [0.2, 0.25) is 0 Å². The van der Waals surface area contributed by atoms with E-state index in [1.165, 1.54) is 18.2 Å². The topological polar surface area (TPSA) is 109 Å². The summed E-state index contributed by atoms with van der Waals surface area (Å²) in [6.45, 7) is 0. The second-order valence-corrected chi connectivity index (χ2v) is 4.87. The van der Waals surface area contributed by atoms with Gasteiger partial charge in [0.25, 0.3) is 5.69 Å². The lowest BCUT2D eigenvalue weighted by Crippen LogP contribution is -2.06. The summed E-state index contributed by atoms with van der Waals surface area (Å²) in [5, 5.41) is 18.7. The number of esters is 1. The molecule has 0 N–H and O–H groups in total. The van der Waals surface area contributed by atoms with Crippen LogP contribution < -0.4 is 4.74 Å². The van der Waals surface area contributed by atoms with Crippen molar-refractivity contribution in [3.8, 4) is 17.2 Å². The van der Waals surface area contributed by atoms with Crippen molar-refractivity contribution in [3.63, 3.8) is 0 Å². The second-order valence-electron chi connectivity index (χ2n) is 4.87. The van der Waals surface area contributed by atoms with Crippen LogP contribution in [0, 0.1) is 10.1 Å². The van der Waals surface area contributed by atoms with Crippen molar-refractivity contribution in [3.05, 3.63) is 70.5 Å². The van der Waals surface area contributed by atoms with Crippen molar-refractivity contribution in [1.82, 2.24) is 15.0 Å². The van der Waals surface area contributed by atoms with Gasteiger partial charge < -0.3 is 9.47 Å². The van der Waals surface area contributed by atoms with E-state index < -0.39 is 10.9 Å². The van der Waals surface area contributed by atoms with Crippen LogP contribution in [0.15, 0.2) is 54.9 Å². The first kappa shape index (κ1) is 16.1. The maximum Gasteiger partial charge on any atom is 0.345 e. The third-order valence-electron chi connectivity index (χ3n) is 3.31.